The number of morpholine rings is 1. The Morgan fingerprint density at radius 1 is 1.15 bits per heavy atom. The van der Waals surface area contributed by atoms with Gasteiger partial charge in [-0.25, -0.2) is 14.4 Å². The number of anilines is 2. The van der Waals surface area contributed by atoms with Gasteiger partial charge in [0.2, 0.25) is 0 Å². The van der Waals surface area contributed by atoms with E-state index in [1.807, 2.05) is 0 Å². The lowest BCUT2D eigenvalue weighted by Crippen LogP contribution is -2.36. The van der Waals surface area contributed by atoms with Crippen LogP contribution in [0.3, 0.4) is 0 Å². The van der Waals surface area contributed by atoms with Crippen molar-refractivity contribution in [2.45, 2.75) is 0 Å². The molecule has 3 aromatic rings. The van der Waals surface area contributed by atoms with Crippen molar-refractivity contribution in [3.63, 3.8) is 0 Å². The molecule has 9 heteroatoms. The molecular weight excluding hydrogens is 351 g/mol. The minimum absolute atomic E-state index is 0.279. The molecule has 0 unspecified atom stereocenters. The number of nitrogens with one attached hydrogen (secondary N) is 2. The summed E-state index contributed by atoms with van der Waals surface area (Å²) in [5.41, 5.74) is 1.54. The van der Waals surface area contributed by atoms with Crippen LogP contribution in [0.2, 0.25) is 0 Å². The number of benzene rings is 1. The predicted octanol–water partition coefficient (Wildman–Crippen LogP) is 2.09. The first-order chi connectivity index (χ1) is 13.2. The summed E-state index contributed by atoms with van der Waals surface area (Å²) in [6, 6.07) is 9.22. The maximum absolute atomic E-state index is 13.0. The van der Waals surface area contributed by atoms with Crippen molar-refractivity contribution in [2.24, 2.45) is 0 Å². The van der Waals surface area contributed by atoms with Crippen molar-refractivity contribution in [2.75, 3.05) is 36.5 Å². The van der Waals surface area contributed by atoms with Crippen LogP contribution in [0.15, 0.2) is 42.7 Å². The number of carbonyl (C=O) groups excluding carboxylic acids is 1. The summed E-state index contributed by atoms with van der Waals surface area (Å²) in [5.74, 6) is 0.434. The predicted molar refractivity (Wildman–Crippen MR) is 97.0 cm³/mol. The van der Waals surface area contributed by atoms with E-state index in [2.05, 4.69) is 30.4 Å². The molecular formula is C18H17FN6O2. The SMILES string of the molecule is O=C(Nc1cc(N2CCOCC2)ncn1)c1cc(-c2ccc(F)cc2)n[nH]1. The molecule has 0 bridgehead atoms. The average Bonchev–Trinajstić information content (AvgIpc) is 3.20. The normalized spacial score (nSPS) is 14.2. The van der Waals surface area contributed by atoms with Gasteiger partial charge in [0.05, 0.1) is 18.9 Å². The van der Waals surface area contributed by atoms with Gasteiger partial charge >= 0.3 is 0 Å². The molecule has 1 aliphatic rings. The number of nitrogens with zero attached hydrogens (tertiary/aromatic N) is 4. The summed E-state index contributed by atoms with van der Waals surface area (Å²) in [4.78, 5) is 22.9. The van der Waals surface area contributed by atoms with Crippen LogP contribution in [-0.4, -0.2) is 52.4 Å². The first-order valence-corrected chi connectivity index (χ1v) is 8.46. The van der Waals surface area contributed by atoms with E-state index in [1.54, 1.807) is 24.3 Å². The third-order valence-electron chi connectivity index (χ3n) is 4.19. The first kappa shape index (κ1) is 17.1. The van der Waals surface area contributed by atoms with Gasteiger partial charge in [0.1, 0.15) is 29.5 Å². The van der Waals surface area contributed by atoms with Gasteiger partial charge in [-0.2, -0.15) is 5.10 Å². The van der Waals surface area contributed by atoms with E-state index in [4.69, 9.17) is 4.74 Å². The van der Waals surface area contributed by atoms with Crippen LogP contribution in [0.5, 0.6) is 0 Å². The Labute approximate surface area is 154 Å². The van der Waals surface area contributed by atoms with Crippen molar-refractivity contribution >= 4 is 17.5 Å². The standard InChI is InChI=1S/C18H17FN6O2/c19-13-3-1-12(2-4-13)14-9-15(24-23-14)18(26)22-16-10-17(21-11-20-16)25-5-7-27-8-6-25/h1-4,9-11H,5-8H2,(H,23,24)(H,20,21,22,26). The Morgan fingerprint density at radius 2 is 1.93 bits per heavy atom. The summed E-state index contributed by atoms with van der Waals surface area (Å²) in [5, 5.41) is 9.53. The molecule has 1 aliphatic heterocycles. The maximum atomic E-state index is 13.0. The van der Waals surface area contributed by atoms with Crippen LogP contribution < -0.4 is 10.2 Å². The summed E-state index contributed by atoms with van der Waals surface area (Å²) < 4.78 is 18.4. The molecule has 1 saturated heterocycles. The molecule has 0 aliphatic carbocycles. The quantitative estimate of drug-likeness (QED) is 0.732. The van der Waals surface area contributed by atoms with E-state index >= 15 is 0 Å². The monoisotopic (exact) mass is 368 g/mol. The minimum Gasteiger partial charge on any atom is -0.378 e. The molecule has 4 rings (SSSR count). The van der Waals surface area contributed by atoms with Gasteiger partial charge in [-0.3, -0.25) is 9.89 Å². The van der Waals surface area contributed by atoms with Crippen molar-refractivity contribution in [3.05, 3.63) is 54.2 Å². The number of carbonyl (C=O) groups is 1. The lowest BCUT2D eigenvalue weighted by molar-refractivity contribution is 0.102. The molecule has 0 atom stereocenters. The van der Waals surface area contributed by atoms with Gasteiger partial charge in [0.25, 0.3) is 5.91 Å². The van der Waals surface area contributed by atoms with Crippen LogP contribution in [0.25, 0.3) is 11.3 Å². The second-order valence-corrected chi connectivity index (χ2v) is 5.99. The number of aromatic nitrogens is 4. The Hall–Kier alpha value is -3.33. The number of rotatable bonds is 4. The smallest absolute Gasteiger partial charge is 0.274 e. The second kappa shape index (κ2) is 7.50. The maximum Gasteiger partial charge on any atom is 0.274 e. The number of aromatic amines is 1. The van der Waals surface area contributed by atoms with E-state index in [0.29, 0.717) is 30.3 Å². The molecule has 1 amide bonds. The molecule has 2 N–H and O–H groups in total. The van der Waals surface area contributed by atoms with Gasteiger partial charge in [0.15, 0.2) is 0 Å². The second-order valence-electron chi connectivity index (χ2n) is 5.99. The summed E-state index contributed by atoms with van der Waals surface area (Å²) in [6.45, 7) is 2.77. The zero-order chi connectivity index (χ0) is 18.6. The average molecular weight is 368 g/mol. The fourth-order valence-electron chi connectivity index (χ4n) is 2.77. The van der Waals surface area contributed by atoms with Crippen LogP contribution in [0, 0.1) is 5.82 Å². The number of hydrogen-bond acceptors (Lipinski definition) is 6. The van der Waals surface area contributed by atoms with Gasteiger partial charge in [-0.05, 0) is 30.3 Å². The first-order valence-electron chi connectivity index (χ1n) is 8.46. The third kappa shape index (κ3) is 3.93. The van der Waals surface area contributed by atoms with Crippen LogP contribution in [-0.2, 0) is 4.74 Å². The number of H-pyrrole nitrogens is 1. The molecule has 0 radical (unpaired) electrons. The lowest BCUT2D eigenvalue weighted by Gasteiger charge is -2.27. The zero-order valence-electron chi connectivity index (χ0n) is 14.4. The van der Waals surface area contributed by atoms with Crippen molar-refractivity contribution in [1.82, 2.24) is 20.2 Å². The molecule has 2 aromatic heterocycles. The molecule has 1 aromatic carbocycles. The molecule has 0 saturated carbocycles. The fourth-order valence-corrected chi connectivity index (χ4v) is 2.77. The molecule has 0 spiro atoms. The Bertz CT molecular complexity index is 937. The van der Waals surface area contributed by atoms with Crippen molar-refractivity contribution in [1.29, 1.82) is 0 Å². The summed E-state index contributed by atoms with van der Waals surface area (Å²) >= 11 is 0. The number of ether oxygens (including phenoxy) is 1. The summed E-state index contributed by atoms with van der Waals surface area (Å²) in [7, 11) is 0. The number of hydrogen-bond donors (Lipinski definition) is 2. The van der Waals surface area contributed by atoms with Crippen LogP contribution in [0.1, 0.15) is 10.5 Å². The third-order valence-corrected chi connectivity index (χ3v) is 4.19. The van der Waals surface area contributed by atoms with Crippen LogP contribution >= 0.6 is 0 Å². The van der Waals surface area contributed by atoms with Crippen LogP contribution in [0.4, 0.5) is 16.0 Å². The van der Waals surface area contributed by atoms with E-state index in [1.165, 1.54) is 18.5 Å². The highest BCUT2D eigenvalue weighted by atomic mass is 19.1. The Kier molecular flexibility index (Phi) is 4.75. The Balaban J connectivity index is 1.47. The van der Waals surface area contributed by atoms with Gasteiger partial charge in [0, 0.05) is 24.7 Å². The molecule has 1 fully saturated rings. The number of halogens is 1. The highest BCUT2D eigenvalue weighted by Gasteiger charge is 2.15. The van der Waals surface area contributed by atoms with E-state index in [9.17, 15) is 9.18 Å². The highest BCUT2D eigenvalue weighted by molar-refractivity contribution is 6.03. The molecule has 3 heterocycles. The van der Waals surface area contributed by atoms with E-state index in [-0.39, 0.29) is 17.4 Å². The van der Waals surface area contributed by atoms with Gasteiger partial charge in [-0.15, -0.1) is 0 Å². The number of amides is 1. The van der Waals surface area contributed by atoms with E-state index < -0.39 is 0 Å². The minimum atomic E-state index is -0.373. The Morgan fingerprint density at radius 3 is 2.70 bits per heavy atom. The highest BCUT2D eigenvalue weighted by Crippen LogP contribution is 2.19. The largest absolute Gasteiger partial charge is 0.378 e. The van der Waals surface area contributed by atoms with Crippen molar-refractivity contribution in [3.8, 4) is 11.3 Å². The van der Waals surface area contributed by atoms with Gasteiger partial charge in [-0.1, -0.05) is 0 Å². The lowest BCUT2D eigenvalue weighted by atomic mass is 10.1. The van der Waals surface area contributed by atoms with Crippen molar-refractivity contribution < 1.29 is 13.9 Å². The van der Waals surface area contributed by atoms with Gasteiger partial charge < -0.3 is 15.0 Å². The summed E-state index contributed by atoms with van der Waals surface area (Å²) in [6.07, 6.45) is 1.41. The fraction of sp³-hybridized carbons (Fsp3) is 0.222. The molecule has 27 heavy (non-hydrogen) atoms. The van der Waals surface area contributed by atoms with E-state index in [0.717, 1.165) is 18.9 Å². The topological polar surface area (TPSA) is 96.0 Å². The molecule has 8 nitrogen and oxygen atoms in total. The molecule has 138 valence electrons. The zero-order valence-corrected chi connectivity index (χ0v) is 14.4.